The van der Waals surface area contributed by atoms with Crippen molar-refractivity contribution in [3.8, 4) is 23.0 Å². The highest BCUT2D eigenvalue weighted by molar-refractivity contribution is 5.97. The normalized spacial score (nSPS) is 17.9. The molecule has 0 unspecified atom stereocenters. The Hall–Kier alpha value is -5.25. The molecule has 2 fully saturated rings. The zero-order valence-corrected chi connectivity index (χ0v) is 26.0. The van der Waals surface area contributed by atoms with Crippen molar-refractivity contribution in [2.75, 3.05) is 20.3 Å². The maximum atomic E-state index is 14.0. The van der Waals surface area contributed by atoms with Gasteiger partial charge in [0.2, 0.25) is 5.89 Å². The van der Waals surface area contributed by atoms with Crippen LogP contribution in [-0.2, 0) is 20.9 Å². The molecule has 2 aliphatic rings. The van der Waals surface area contributed by atoms with Crippen molar-refractivity contribution in [3.63, 3.8) is 0 Å². The highest BCUT2D eigenvalue weighted by atomic mass is 19.3. The third-order valence-corrected chi connectivity index (χ3v) is 7.77. The van der Waals surface area contributed by atoms with Crippen LogP contribution in [-0.4, -0.2) is 77.9 Å². The van der Waals surface area contributed by atoms with E-state index in [2.05, 4.69) is 19.8 Å². The monoisotopic (exact) mass is 672 g/mol. The van der Waals surface area contributed by atoms with Crippen molar-refractivity contribution in [2.45, 2.75) is 57.5 Å². The Bertz CT molecular complexity index is 1660. The summed E-state index contributed by atoms with van der Waals surface area (Å²) in [6.45, 7) is -1.52. The van der Waals surface area contributed by atoms with Gasteiger partial charge in [0, 0.05) is 18.5 Å². The van der Waals surface area contributed by atoms with Crippen LogP contribution in [0.25, 0.3) is 11.5 Å². The predicted octanol–water partition coefficient (Wildman–Crippen LogP) is 4.13. The number of alkyl halides is 2. The zero-order chi connectivity index (χ0) is 34.5. The molecule has 1 saturated heterocycles. The number of halogens is 2. The highest BCUT2D eigenvalue weighted by Gasteiger charge is 2.43. The zero-order valence-electron chi connectivity index (χ0n) is 26.0. The van der Waals surface area contributed by atoms with Gasteiger partial charge in [0.05, 0.1) is 31.4 Å². The van der Waals surface area contributed by atoms with E-state index in [1.807, 2.05) is 0 Å². The Morgan fingerprint density at radius 1 is 1.12 bits per heavy atom. The smallest absolute Gasteiger partial charge is 0.407 e. The van der Waals surface area contributed by atoms with Crippen LogP contribution >= 0.6 is 0 Å². The Kier molecular flexibility index (Phi) is 10.4. The number of nitrogens with two attached hydrogens (primary N) is 1. The number of hydrogen-bond acceptors (Lipinski definition) is 11. The summed E-state index contributed by atoms with van der Waals surface area (Å²) in [5.41, 5.74) is 6.82. The quantitative estimate of drug-likeness (QED) is 0.220. The molecule has 1 saturated carbocycles. The largest absolute Gasteiger partial charge is 0.489 e. The summed E-state index contributed by atoms with van der Waals surface area (Å²) in [4.78, 5) is 56.1. The van der Waals surface area contributed by atoms with E-state index in [9.17, 15) is 28.0 Å². The number of carboxylic acids is 1. The summed E-state index contributed by atoms with van der Waals surface area (Å²) in [5, 5.41) is 11.7. The summed E-state index contributed by atoms with van der Waals surface area (Å²) >= 11 is 0. The topological polar surface area (TPSA) is 193 Å². The maximum absolute atomic E-state index is 14.0. The predicted molar refractivity (Wildman–Crippen MR) is 161 cm³/mol. The van der Waals surface area contributed by atoms with Crippen molar-refractivity contribution in [1.29, 1.82) is 0 Å². The number of hydrogen-bond donors (Lipinski definition) is 3. The molecule has 0 spiro atoms. The number of esters is 1. The number of nitrogens with zero attached hydrogens (tertiary/aromatic N) is 2. The Morgan fingerprint density at radius 3 is 2.48 bits per heavy atom. The Morgan fingerprint density at radius 2 is 1.85 bits per heavy atom. The molecule has 2 amide bonds. The Balaban J connectivity index is 1.40. The van der Waals surface area contributed by atoms with E-state index >= 15 is 0 Å². The minimum Gasteiger partial charge on any atom is -0.489 e. The fraction of sp³-hybridized carbons (Fsp3) is 0.406. The average Bonchev–Trinajstić information content (AvgIpc) is 3.62. The van der Waals surface area contributed by atoms with Crippen molar-refractivity contribution in [3.05, 3.63) is 65.0 Å². The number of carbonyl (C=O) groups is 4. The van der Waals surface area contributed by atoms with E-state index < -0.39 is 48.7 Å². The van der Waals surface area contributed by atoms with Gasteiger partial charge in [-0.25, -0.2) is 19.4 Å². The van der Waals surface area contributed by atoms with Crippen LogP contribution in [0.5, 0.6) is 11.5 Å². The number of aromatic carboxylic acids is 1. The number of aromatic nitrogens is 1. The van der Waals surface area contributed by atoms with Gasteiger partial charge < -0.3 is 44.4 Å². The SMILES string of the molecule is COC(=O)N[C@@H]1C[C@@H](C(=O)OCc2ccc(C(=O)O)cc2)N(C(=O)c2nc(-c3ccc(OC(F)F)c(OCC4CC4)c3)oc2[C@H](C)N)C1. The molecule has 48 heavy (non-hydrogen) atoms. The second-order valence-electron chi connectivity index (χ2n) is 11.5. The number of ether oxygens (including phenoxy) is 4. The van der Waals surface area contributed by atoms with E-state index in [-0.39, 0.29) is 54.0 Å². The number of carboxylic acid groups (broad SMARTS) is 1. The molecular weight excluding hydrogens is 638 g/mol. The molecule has 0 radical (unpaired) electrons. The van der Waals surface area contributed by atoms with Crippen LogP contribution in [0.2, 0.25) is 0 Å². The molecule has 5 rings (SSSR count). The lowest BCUT2D eigenvalue weighted by Crippen LogP contribution is -2.42. The molecule has 1 aromatic heterocycles. The van der Waals surface area contributed by atoms with Crippen LogP contribution in [0.4, 0.5) is 13.6 Å². The molecule has 256 valence electrons. The molecule has 2 aromatic carbocycles. The fourth-order valence-electron chi connectivity index (χ4n) is 5.10. The van der Waals surface area contributed by atoms with E-state index in [0.717, 1.165) is 12.8 Å². The summed E-state index contributed by atoms with van der Waals surface area (Å²) in [6.07, 6.45) is 1.16. The van der Waals surface area contributed by atoms with Crippen molar-refractivity contribution >= 4 is 23.9 Å². The Labute approximate surface area is 273 Å². The number of methoxy groups -OCH3 is 1. The van der Waals surface area contributed by atoms with Gasteiger partial charge in [-0.15, -0.1) is 0 Å². The van der Waals surface area contributed by atoms with Crippen molar-refractivity contribution in [1.82, 2.24) is 15.2 Å². The molecule has 4 N–H and O–H groups in total. The third-order valence-electron chi connectivity index (χ3n) is 7.77. The van der Waals surface area contributed by atoms with Gasteiger partial charge in [-0.05, 0) is 61.6 Å². The van der Waals surface area contributed by atoms with Gasteiger partial charge in [-0.1, -0.05) is 12.1 Å². The molecule has 3 aromatic rings. The van der Waals surface area contributed by atoms with Gasteiger partial charge in [-0.2, -0.15) is 8.78 Å². The summed E-state index contributed by atoms with van der Waals surface area (Å²) in [6, 6.07) is 7.17. The number of likely N-dealkylation sites (tertiary alicyclic amines) is 1. The number of amides is 2. The van der Waals surface area contributed by atoms with Crippen LogP contribution in [0.3, 0.4) is 0 Å². The van der Waals surface area contributed by atoms with Crippen LogP contribution in [0, 0.1) is 5.92 Å². The lowest BCUT2D eigenvalue weighted by molar-refractivity contribution is -0.149. The minimum atomic E-state index is -3.08. The minimum absolute atomic E-state index is 0.00151. The van der Waals surface area contributed by atoms with Gasteiger partial charge in [-0.3, -0.25) is 4.79 Å². The van der Waals surface area contributed by atoms with Crippen LogP contribution in [0.15, 0.2) is 46.9 Å². The van der Waals surface area contributed by atoms with E-state index in [4.69, 9.17) is 24.7 Å². The molecule has 1 aliphatic carbocycles. The van der Waals surface area contributed by atoms with E-state index in [1.165, 1.54) is 54.5 Å². The highest BCUT2D eigenvalue weighted by Crippen LogP contribution is 2.37. The van der Waals surface area contributed by atoms with Gasteiger partial charge in [0.15, 0.2) is 23.0 Å². The molecule has 0 bridgehead atoms. The second-order valence-corrected chi connectivity index (χ2v) is 11.5. The van der Waals surface area contributed by atoms with Gasteiger partial charge in [0.25, 0.3) is 5.91 Å². The average molecular weight is 673 g/mol. The molecule has 2 heterocycles. The molecule has 14 nitrogen and oxygen atoms in total. The second kappa shape index (κ2) is 14.7. The molecule has 3 atom stereocenters. The lowest BCUT2D eigenvalue weighted by Gasteiger charge is -2.22. The number of benzene rings is 2. The van der Waals surface area contributed by atoms with Crippen molar-refractivity contribution < 1.29 is 56.4 Å². The molecule has 16 heteroatoms. The number of oxazole rings is 1. The van der Waals surface area contributed by atoms with Crippen LogP contribution < -0.4 is 20.5 Å². The van der Waals surface area contributed by atoms with Gasteiger partial charge >= 0.3 is 24.6 Å². The number of carbonyl (C=O) groups excluding carboxylic acids is 3. The molecule has 1 aliphatic heterocycles. The first kappa shape index (κ1) is 34.1. The number of nitrogens with one attached hydrogen (secondary N) is 1. The first-order chi connectivity index (χ1) is 22.9. The summed E-state index contributed by atoms with van der Waals surface area (Å²) < 4.78 is 52.5. The third kappa shape index (κ3) is 8.17. The van der Waals surface area contributed by atoms with Gasteiger partial charge in [0.1, 0.15) is 12.6 Å². The first-order valence-corrected chi connectivity index (χ1v) is 15.1. The summed E-state index contributed by atoms with van der Waals surface area (Å²) in [5.74, 6) is -2.49. The fourth-order valence-corrected chi connectivity index (χ4v) is 5.10. The number of alkyl carbamates (subject to hydrolysis) is 1. The lowest BCUT2D eigenvalue weighted by atomic mass is 10.1. The number of rotatable bonds is 13. The van der Waals surface area contributed by atoms with Crippen molar-refractivity contribution in [2.24, 2.45) is 11.7 Å². The standard InChI is InChI=1S/C32H34F2N4O10/c1-16(35)26-25(37-27(48-26)20-9-10-23(47-31(33)34)24(11-20)45-14-17-3-4-17)28(39)38-13-21(36-32(43)44-2)12-22(38)30(42)46-15-18-5-7-19(8-6-18)29(40)41/h5-11,16-17,21-22,31H,3-4,12-15,35H2,1-2H3,(H,36,43)(H,40,41)/t16-,21+,22-/m0/s1. The molecular formula is C32H34F2N4O10. The maximum Gasteiger partial charge on any atom is 0.407 e. The first-order valence-electron chi connectivity index (χ1n) is 15.1. The van der Waals surface area contributed by atoms with Crippen LogP contribution in [0.1, 0.15) is 64.4 Å². The van der Waals surface area contributed by atoms with E-state index in [0.29, 0.717) is 23.7 Å². The summed E-state index contributed by atoms with van der Waals surface area (Å²) in [7, 11) is 1.18. The van der Waals surface area contributed by atoms with E-state index in [1.54, 1.807) is 6.92 Å².